The molecule has 0 aliphatic carbocycles. The average Bonchev–Trinajstić information content (AvgIpc) is 2.34. The lowest BCUT2D eigenvalue weighted by Gasteiger charge is -2.35. The minimum Gasteiger partial charge on any atom is -0.381 e. The Bertz CT molecular complexity index is 211. The van der Waals surface area contributed by atoms with Gasteiger partial charge in [0.1, 0.15) is 0 Å². The molecule has 0 saturated carbocycles. The summed E-state index contributed by atoms with van der Waals surface area (Å²) >= 11 is 0. The van der Waals surface area contributed by atoms with Crippen LogP contribution in [0.4, 0.5) is 0 Å². The normalized spacial score (nSPS) is 18.6. The number of nitrogens with zero attached hydrogens (tertiary/aromatic N) is 2. The highest BCUT2D eigenvalue weighted by Crippen LogP contribution is 2.06. The summed E-state index contributed by atoms with van der Waals surface area (Å²) < 4.78 is 5.67. The van der Waals surface area contributed by atoms with Crippen molar-refractivity contribution in [3.8, 4) is 0 Å². The van der Waals surface area contributed by atoms with E-state index in [0.29, 0.717) is 0 Å². The first-order valence-corrected chi connectivity index (χ1v) is 8.10. The first-order chi connectivity index (χ1) is 9.08. The summed E-state index contributed by atoms with van der Waals surface area (Å²) in [6.07, 6.45) is 2.37. The van der Waals surface area contributed by atoms with Crippen LogP contribution < -0.4 is 0 Å². The first-order valence-electron chi connectivity index (χ1n) is 8.10. The third kappa shape index (κ3) is 8.61. The number of hydrogen-bond acceptors (Lipinski definition) is 3. The fraction of sp³-hybridized carbons (Fsp3) is 1.00. The Hall–Kier alpha value is -0.120. The molecule has 0 N–H and O–H groups in total. The molecule has 1 aliphatic heterocycles. The molecular formula is C16H34N2O. The Morgan fingerprint density at radius 2 is 1.47 bits per heavy atom. The zero-order valence-corrected chi connectivity index (χ0v) is 13.5. The maximum Gasteiger partial charge on any atom is 0.0478 e. The molecule has 0 bridgehead atoms. The lowest BCUT2D eigenvalue weighted by Crippen LogP contribution is -2.47. The third-order valence-corrected chi connectivity index (χ3v) is 3.69. The molecule has 3 heteroatoms. The van der Waals surface area contributed by atoms with Crippen LogP contribution in [0, 0.1) is 11.8 Å². The Kier molecular flexibility index (Phi) is 8.67. The number of hydrogen-bond donors (Lipinski definition) is 0. The van der Waals surface area contributed by atoms with Crippen molar-refractivity contribution >= 4 is 0 Å². The molecular weight excluding hydrogens is 236 g/mol. The molecule has 0 aromatic heterocycles. The van der Waals surface area contributed by atoms with Crippen molar-refractivity contribution < 1.29 is 4.74 Å². The number of ether oxygens (including phenoxy) is 1. The van der Waals surface area contributed by atoms with Gasteiger partial charge in [0.15, 0.2) is 0 Å². The van der Waals surface area contributed by atoms with E-state index in [4.69, 9.17) is 4.74 Å². The van der Waals surface area contributed by atoms with Crippen LogP contribution in [0.1, 0.15) is 40.5 Å². The van der Waals surface area contributed by atoms with Gasteiger partial charge in [0, 0.05) is 52.5 Å². The van der Waals surface area contributed by atoms with Crippen molar-refractivity contribution in [2.24, 2.45) is 11.8 Å². The van der Waals surface area contributed by atoms with Gasteiger partial charge in [0.2, 0.25) is 0 Å². The van der Waals surface area contributed by atoms with Crippen molar-refractivity contribution in [1.29, 1.82) is 0 Å². The SMILES string of the molecule is CC(C)CCOCCCN1CCN(CC(C)C)CC1. The molecule has 0 radical (unpaired) electrons. The standard InChI is InChI=1S/C16H34N2O/c1-15(2)6-13-19-12-5-7-17-8-10-18(11-9-17)14-16(3)4/h15-16H,5-14H2,1-4H3. The lowest BCUT2D eigenvalue weighted by molar-refractivity contribution is 0.0910. The summed E-state index contributed by atoms with van der Waals surface area (Å²) in [5.74, 6) is 1.55. The van der Waals surface area contributed by atoms with Crippen LogP contribution in [0.25, 0.3) is 0 Å². The quantitative estimate of drug-likeness (QED) is 0.599. The molecule has 1 heterocycles. The summed E-state index contributed by atoms with van der Waals surface area (Å²) in [5, 5.41) is 0. The van der Waals surface area contributed by atoms with Crippen LogP contribution in [-0.2, 0) is 4.74 Å². The number of rotatable bonds is 9. The summed E-state index contributed by atoms with van der Waals surface area (Å²) in [6, 6.07) is 0. The average molecular weight is 270 g/mol. The molecule has 0 unspecified atom stereocenters. The predicted molar refractivity (Wildman–Crippen MR) is 82.6 cm³/mol. The van der Waals surface area contributed by atoms with Gasteiger partial charge in [-0.15, -0.1) is 0 Å². The van der Waals surface area contributed by atoms with E-state index in [1.54, 1.807) is 0 Å². The zero-order chi connectivity index (χ0) is 14.1. The van der Waals surface area contributed by atoms with Gasteiger partial charge in [-0.25, -0.2) is 0 Å². The van der Waals surface area contributed by atoms with Crippen LogP contribution in [0.5, 0.6) is 0 Å². The summed E-state index contributed by atoms with van der Waals surface area (Å²) in [4.78, 5) is 5.18. The molecule has 1 rings (SSSR count). The monoisotopic (exact) mass is 270 g/mol. The molecule has 1 saturated heterocycles. The zero-order valence-electron chi connectivity index (χ0n) is 13.5. The van der Waals surface area contributed by atoms with Gasteiger partial charge in [0.25, 0.3) is 0 Å². The smallest absolute Gasteiger partial charge is 0.0478 e. The van der Waals surface area contributed by atoms with Crippen molar-refractivity contribution in [2.45, 2.75) is 40.5 Å². The van der Waals surface area contributed by atoms with Crippen LogP contribution in [-0.4, -0.2) is 62.3 Å². The second kappa shape index (κ2) is 9.73. The topological polar surface area (TPSA) is 15.7 Å². The fourth-order valence-corrected chi connectivity index (χ4v) is 2.52. The molecule has 0 atom stereocenters. The summed E-state index contributed by atoms with van der Waals surface area (Å²) in [6.45, 7) is 18.4. The van der Waals surface area contributed by atoms with E-state index in [9.17, 15) is 0 Å². The van der Waals surface area contributed by atoms with Crippen LogP contribution >= 0.6 is 0 Å². The van der Waals surface area contributed by atoms with E-state index < -0.39 is 0 Å². The van der Waals surface area contributed by atoms with E-state index in [1.165, 1.54) is 52.1 Å². The van der Waals surface area contributed by atoms with Crippen molar-refractivity contribution in [3.05, 3.63) is 0 Å². The van der Waals surface area contributed by atoms with Gasteiger partial charge >= 0.3 is 0 Å². The molecule has 1 fully saturated rings. The highest BCUT2D eigenvalue weighted by Gasteiger charge is 2.16. The summed E-state index contributed by atoms with van der Waals surface area (Å²) in [5.41, 5.74) is 0. The second-order valence-corrected chi connectivity index (χ2v) is 6.68. The molecule has 114 valence electrons. The van der Waals surface area contributed by atoms with E-state index in [0.717, 1.165) is 25.0 Å². The largest absolute Gasteiger partial charge is 0.381 e. The number of piperazine rings is 1. The van der Waals surface area contributed by atoms with E-state index in [1.807, 2.05) is 0 Å². The lowest BCUT2D eigenvalue weighted by atomic mass is 10.1. The third-order valence-electron chi connectivity index (χ3n) is 3.69. The molecule has 1 aliphatic rings. The maximum absolute atomic E-state index is 5.67. The minimum absolute atomic E-state index is 0.758. The van der Waals surface area contributed by atoms with Gasteiger partial charge in [-0.3, -0.25) is 0 Å². The Balaban J connectivity index is 1.95. The van der Waals surface area contributed by atoms with Crippen molar-refractivity contribution in [3.63, 3.8) is 0 Å². The van der Waals surface area contributed by atoms with Crippen LogP contribution in [0.15, 0.2) is 0 Å². The first kappa shape index (κ1) is 16.9. The summed E-state index contributed by atoms with van der Waals surface area (Å²) in [7, 11) is 0. The van der Waals surface area contributed by atoms with Crippen molar-refractivity contribution in [2.75, 3.05) is 52.5 Å². The van der Waals surface area contributed by atoms with E-state index >= 15 is 0 Å². The van der Waals surface area contributed by atoms with E-state index in [-0.39, 0.29) is 0 Å². The molecule has 0 amide bonds. The second-order valence-electron chi connectivity index (χ2n) is 6.68. The Morgan fingerprint density at radius 1 is 0.842 bits per heavy atom. The molecule has 3 nitrogen and oxygen atoms in total. The highest BCUT2D eigenvalue weighted by molar-refractivity contribution is 4.72. The van der Waals surface area contributed by atoms with Gasteiger partial charge in [-0.1, -0.05) is 27.7 Å². The molecule has 0 aromatic rings. The van der Waals surface area contributed by atoms with E-state index in [2.05, 4.69) is 37.5 Å². The Labute approximate surface area is 120 Å². The minimum atomic E-state index is 0.758. The van der Waals surface area contributed by atoms with Gasteiger partial charge in [0.05, 0.1) is 0 Å². The predicted octanol–water partition coefficient (Wildman–Crippen LogP) is 2.71. The molecule has 0 aromatic carbocycles. The molecule has 19 heavy (non-hydrogen) atoms. The maximum atomic E-state index is 5.67. The van der Waals surface area contributed by atoms with Gasteiger partial charge < -0.3 is 14.5 Å². The van der Waals surface area contributed by atoms with Crippen LogP contribution in [0.2, 0.25) is 0 Å². The highest BCUT2D eigenvalue weighted by atomic mass is 16.5. The van der Waals surface area contributed by atoms with Gasteiger partial charge in [-0.2, -0.15) is 0 Å². The van der Waals surface area contributed by atoms with Crippen LogP contribution in [0.3, 0.4) is 0 Å². The van der Waals surface area contributed by atoms with Crippen molar-refractivity contribution in [1.82, 2.24) is 9.80 Å². The fourth-order valence-electron chi connectivity index (χ4n) is 2.52. The van der Waals surface area contributed by atoms with Gasteiger partial charge in [-0.05, 0) is 24.7 Å². The Morgan fingerprint density at radius 3 is 2.05 bits per heavy atom. The molecule has 0 spiro atoms.